The zero-order chi connectivity index (χ0) is 21.1. The Kier molecular flexibility index (Phi) is 6.46. The third kappa shape index (κ3) is 5.82. The van der Waals surface area contributed by atoms with Gasteiger partial charge in [0.25, 0.3) is 10.2 Å². The Bertz CT molecular complexity index is 603. The standard InChI is InChI=1S/C15H24N4O9/c1-15(2,3)26-14(21)17-6-4-16(5-7-17)13(20)10-8-11(27-18(22)23)12(9-10)28-19(24)25/h10-12H,4-9H2,1-3H3/t10?,11-,12+. The van der Waals surface area contributed by atoms with Crippen LogP contribution in [0.3, 0.4) is 0 Å². The van der Waals surface area contributed by atoms with Crippen molar-refractivity contribution in [3.8, 4) is 0 Å². The van der Waals surface area contributed by atoms with Gasteiger partial charge in [0.15, 0.2) is 0 Å². The van der Waals surface area contributed by atoms with Crippen molar-refractivity contribution in [1.29, 1.82) is 0 Å². The molecule has 0 N–H and O–H groups in total. The van der Waals surface area contributed by atoms with Crippen molar-refractivity contribution in [2.45, 2.75) is 51.4 Å². The van der Waals surface area contributed by atoms with E-state index < -0.39 is 40.0 Å². The molecule has 1 heterocycles. The number of hydrogen-bond donors (Lipinski definition) is 0. The smallest absolute Gasteiger partial charge is 0.410 e. The molecule has 2 aliphatic rings. The molecule has 0 bridgehead atoms. The normalized spacial score (nSPS) is 25.2. The van der Waals surface area contributed by atoms with Crippen LogP contribution in [0.2, 0.25) is 0 Å². The predicted molar refractivity (Wildman–Crippen MR) is 90.8 cm³/mol. The second-order valence-corrected chi connectivity index (χ2v) is 7.70. The van der Waals surface area contributed by atoms with E-state index in [1.54, 1.807) is 20.8 Å². The molecule has 2 amide bonds. The van der Waals surface area contributed by atoms with Crippen LogP contribution in [0.25, 0.3) is 0 Å². The maximum Gasteiger partial charge on any atom is 0.410 e. The van der Waals surface area contributed by atoms with Crippen molar-refractivity contribution in [1.82, 2.24) is 9.80 Å². The van der Waals surface area contributed by atoms with Crippen LogP contribution in [0.5, 0.6) is 0 Å². The minimum Gasteiger partial charge on any atom is -0.444 e. The maximum absolute atomic E-state index is 12.7. The van der Waals surface area contributed by atoms with Crippen LogP contribution < -0.4 is 0 Å². The van der Waals surface area contributed by atoms with Gasteiger partial charge >= 0.3 is 6.09 Å². The lowest BCUT2D eigenvalue weighted by molar-refractivity contribution is -0.797. The molecule has 1 aliphatic heterocycles. The van der Waals surface area contributed by atoms with Gasteiger partial charge in [-0.2, -0.15) is 0 Å². The lowest BCUT2D eigenvalue weighted by Gasteiger charge is -2.36. The number of nitrogens with zero attached hydrogens (tertiary/aromatic N) is 4. The van der Waals surface area contributed by atoms with Crippen LogP contribution in [0.15, 0.2) is 0 Å². The molecule has 0 aromatic heterocycles. The fraction of sp³-hybridized carbons (Fsp3) is 0.867. The molecule has 1 saturated heterocycles. The maximum atomic E-state index is 12.7. The van der Waals surface area contributed by atoms with Crippen molar-refractivity contribution in [3.05, 3.63) is 20.2 Å². The molecule has 1 unspecified atom stereocenters. The largest absolute Gasteiger partial charge is 0.444 e. The molecule has 3 atom stereocenters. The highest BCUT2D eigenvalue weighted by molar-refractivity contribution is 5.79. The average Bonchev–Trinajstić information content (AvgIpc) is 2.94. The van der Waals surface area contributed by atoms with Crippen LogP contribution >= 0.6 is 0 Å². The summed E-state index contributed by atoms with van der Waals surface area (Å²) in [6.45, 7) is 6.41. The molecule has 13 nitrogen and oxygen atoms in total. The van der Waals surface area contributed by atoms with Gasteiger partial charge in [-0.15, -0.1) is 20.2 Å². The van der Waals surface area contributed by atoms with Crippen molar-refractivity contribution < 1.29 is 34.2 Å². The summed E-state index contributed by atoms with van der Waals surface area (Å²) >= 11 is 0. The molecule has 0 radical (unpaired) electrons. The Hall–Kier alpha value is -2.86. The molecule has 1 saturated carbocycles. The quantitative estimate of drug-likeness (QED) is 0.474. The lowest BCUT2D eigenvalue weighted by Crippen LogP contribution is -2.52. The van der Waals surface area contributed by atoms with Gasteiger partial charge in [-0.25, -0.2) is 4.79 Å². The van der Waals surface area contributed by atoms with E-state index in [1.807, 2.05) is 0 Å². The summed E-state index contributed by atoms with van der Waals surface area (Å²) in [5.74, 6) is -0.988. The molecular formula is C15H24N4O9. The number of hydrogen-bond acceptors (Lipinski definition) is 9. The van der Waals surface area contributed by atoms with Crippen LogP contribution in [0.4, 0.5) is 4.79 Å². The summed E-state index contributed by atoms with van der Waals surface area (Å²) in [4.78, 5) is 57.9. The van der Waals surface area contributed by atoms with Gasteiger partial charge < -0.3 is 24.2 Å². The monoisotopic (exact) mass is 404 g/mol. The van der Waals surface area contributed by atoms with Gasteiger partial charge in [0, 0.05) is 32.1 Å². The molecule has 2 fully saturated rings. The minimum absolute atomic E-state index is 0.0510. The number of piperazine rings is 1. The molecule has 0 aromatic carbocycles. The van der Waals surface area contributed by atoms with E-state index in [1.165, 1.54) is 9.80 Å². The van der Waals surface area contributed by atoms with Crippen LogP contribution in [-0.2, 0) is 19.2 Å². The minimum atomic E-state index is -1.18. The first-order valence-electron chi connectivity index (χ1n) is 8.85. The van der Waals surface area contributed by atoms with Crippen molar-refractivity contribution in [2.24, 2.45) is 5.92 Å². The van der Waals surface area contributed by atoms with Gasteiger partial charge in [-0.05, 0) is 33.6 Å². The lowest BCUT2D eigenvalue weighted by atomic mass is 10.1. The Balaban J connectivity index is 1.91. The van der Waals surface area contributed by atoms with Crippen molar-refractivity contribution >= 4 is 12.0 Å². The number of carbonyl (C=O) groups is 2. The van der Waals surface area contributed by atoms with Crippen molar-refractivity contribution in [3.63, 3.8) is 0 Å². The summed E-state index contributed by atoms with van der Waals surface area (Å²) in [5.41, 5.74) is -0.619. The zero-order valence-corrected chi connectivity index (χ0v) is 15.9. The highest BCUT2D eigenvalue weighted by atomic mass is 17.0. The van der Waals surface area contributed by atoms with Crippen LogP contribution in [0.1, 0.15) is 33.6 Å². The van der Waals surface area contributed by atoms with E-state index in [0.29, 0.717) is 0 Å². The Morgan fingerprint density at radius 1 is 0.893 bits per heavy atom. The third-order valence-electron chi connectivity index (χ3n) is 4.48. The topological polar surface area (TPSA) is 155 Å². The Labute approximate surface area is 160 Å². The SMILES string of the molecule is CC(C)(C)OC(=O)N1CCN(C(=O)C2C[C@H](O[N+](=O)[O-])[C@H](O[N+](=O)[O-])C2)CC1. The molecule has 0 spiro atoms. The highest BCUT2D eigenvalue weighted by Crippen LogP contribution is 2.32. The molecule has 13 heteroatoms. The first-order chi connectivity index (χ1) is 13.0. The summed E-state index contributed by atoms with van der Waals surface area (Å²) in [6, 6.07) is 0. The van der Waals surface area contributed by atoms with Crippen LogP contribution in [0, 0.1) is 26.1 Å². The molecular weight excluding hydrogens is 380 g/mol. The van der Waals surface area contributed by atoms with Gasteiger partial charge in [-0.1, -0.05) is 0 Å². The molecule has 1 aliphatic carbocycles. The van der Waals surface area contributed by atoms with Gasteiger partial charge in [0.1, 0.15) is 17.8 Å². The summed E-state index contributed by atoms with van der Waals surface area (Å²) in [6.07, 6.45) is -2.93. The Morgan fingerprint density at radius 2 is 1.32 bits per heavy atom. The van der Waals surface area contributed by atoms with E-state index >= 15 is 0 Å². The van der Waals surface area contributed by atoms with E-state index in [2.05, 4.69) is 9.68 Å². The predicted octanol–water partition coefficient (Wildman–Crippen LogP) is 0.630. The molecule has 28 heavy (non-hydrogen) atoms. The number of rotatable bonds is 5. The molecule has 158 valence electrons. The second-order valence-electron chi connectivity index (χ2n) is 7.70. The van der Waals surface area contributed by atoms with Gasteiger partial charge in [0.05, 0.1) is 0 Å². The number of amides is 2. The first-order valence-corrected chi connectivity index (χ1v) is 8.85. The van der Waals surface area contributed by atoms with Gasteiger partial charge in [-0.3, -0.25) is 4.79 Å². The third-order valence-corrected chi connectivity index (χ3v) is 4.48. The fourth-order valence-corrected chi connectivity index (χ4v) is 3.30. The van der Waals surface area contributed by atoms with Gasteiger partial charge in [0.2, 0.25) is 5.91 Å². The Morgan fingerprint density at radius 3 is 1.71 bits per heavy atom. The van der Waals surface area contributed by atoms with E-state index in [0.717, 1.165) is 0 Å². The van der Waals surface area contributed by atoms with E-state index in [9.17, 15) is 29.8 Å². The first kappa shape index (κ1) is 21.4. The average molecular weight is 404 g/mol. The highest BCUT2D eigenvalue weighted by Gasteiger charge is 2.44. The van der Waals surface area contributed by atoms with E-state index in [-0.39, 0.29) is 44.9 Å². The second kappa shape index (κ2) is 8.44. The van der Waals surface area contributed by atoms with Crippen molar-refractivity contribution in [2.75, 3.05) is 26.2 Å². The zero-order valence-electron chi connectivity index (χ0n) is 15.9. The molecule has 2 rings (SSSR count). The van der Waals surface area contributed by atoms with Crippen LogP contribution in [-0.4, -0.2) is 76.0 Å². The number of ether oxygens (including phenoxy) is 1. The fourth-order valence-electron chi connectivity index (χ4n) is 3.30. The number of carbonyl (C=O) groups excluding carboxylic acids is 2. The summed E-state index contributed by atoms with van der Waals surface area (Å²) in [7, 11) is 0. The molecule has 0 aromatic rings. The van der Waals surface area contributed by atoms with E-state index in [4.69, 9.17) is 4.74 Å². The summed E-state index contributed by atoms with van der Waals surface area (Å²) < 4.78 is 5.30. The summed E-state index contributed by atoms with van der Waals surface area (Å²) in [5, 5.41) is 19.1.